The molecular formula is C53H39N. The van der Waals surface area contributed by atoms with Crippen LogP contribution >= 0.6 is 0 Å². The predicted octanol–water partition coefficient (Wildman–Crippen LogP) is 14.8. The first-order chi connectivity index (χ1) is 26.6. The SMILES string of the molecule is CC1(C)c2cc(N(c3ccccc3)c3cccc(-c4ccc5ccccc5c4-c4cccc5ccccc45)c3)ccc2-c2c(-c3ccccc3)cccc21. The van der Waals surface area contributed by atoms with Crippen LogP contribution in [0.25, 0.3) is 66.1 Å². The first-order valence-electron chi connectivity index (χ1n) is 18.9. The van der Waals surface area contributed by atoms with Crippen molar-refractivity contribution in [2.75, 3.05) is 4.90 Å². The molecule has 1 aliphatic carbocycles. The van der Waals surface area contributed by atoms with Gasteiger partial charge in [0.25, 0.3) is 0 Å². The highest BCUT2D eigenvalue weighted by molar-refractivity contribution is 6.10. The standard InChI is InChI=1S/C53H39N/c1-53(2)49-29-15-27-45(37-16-5-3-6-17-37)52(49)48-33-31-42(35-50(48)53)54(40-22-7-4-8-23-40)41-24-13-21-39(34-41)46-32-30-38-19-10-12-26-44(38)51(46)47-28-14-20-36-18-9-11-25-43(36)47/h3-35H,1-2H3. The molecule has 0 bridgehead atoms. The van der Waals surface area contributed by atoms with E-state index in [1.54, 1.807) is 0 Å². The molecule has 0 unspecified atom stereocenters. The summed E-state index contributed by atoms with van der Waals surface area (Å²) in [5.74, 6) is 0. The largest absolute Gasteiger partial charge is 0.310 e. The van der Waals surface area contributed by atoms with Crippen molar-refractivity contribution in [2.24, 2.45) is 0 Å². The van der Waals surface area contributed by atoms with Crippen LogP contribution in [-0.4, -0.2) is 0 Å². The Morgan fingerprint density at radius 1 is 0.333 bits per heavy atom. The lowest BCUT2D eigenvalue weighted by Gasteiger charge is -2.28. The number of para-hydroxylation sites is 1. The molecule has 1 heteroatoms. The second kappa shape index (κ2) is 12.8. The van der Waals surface area contributed by atoms with Crippen LogP contribution in [0, 0.1) is 0 Å². The minimum atomic E-state index is -0.159. The van der Waals surface area contributed by atoms with E-state index >= 15 is 0 Å². The van der Waals surface area contributed by atoms with Crippen molar-refractivity contribution in [3.63, 3.8) is 0 Å². The molecule has 9 aromatic rings. The molecule has 54 heavy (non-hydrogen) atoms. The average molecular weight is 690 g/mol. The van der Waals surface area contributed by atoms with Crippen LogP contribution in [0.15, 0.2) is 200 Å². The van der Waals surface area contributed by atoms with Gasteiger partial charge in [-0.1, -0.05) is 178 Å². The molecule has 0 amide bonds. The van der Waals surface area contributed by atoms with Gasteiger partial charge in [-0.2, -0.15) is 0 Å². The van der Waals surface area contributed by atoms with E-state index in [4.69, 9.17) is 0 Å². The number of nitrogens with zero attached hydrogens (tertiary/aromatic N) is 1. The molecule has 0 N–H and O–H groups in total. The molecule has 1 nitrogen and oxygen atoms in total. The second-order valence-electron chi connectivity index (χ2n) is 14.9. The Morgan fingerprint density at radius 2 is 0.889 bits per heavy atom. The molecule has 0 aliphatic heterocycles. The van der Waals surface area contributed by atoms with Gasteiger partial charge >= 0.3 is 0 Å². The maximum absolute atomic E-state index is 2.43. The number of hydrogen-bond acceptors (Lipinski definition) is 1. The van der Waals surface area contributed by atoms with Gasteiger partial charge in [0.15, 0.2) is 0 Å². The summed E-state index contributed by atoms with van der Waals surface area (Å²) in [6.07, 6.45) is 0. The number of rotatable bonds is 6. The lowest BCUT2D eigenvalue weighted by molar-refractivity contribution is 0.660. The van der Waals surface area contributed by atoms with Gasteiger partial charge < -0.3 is 4.90 Å². The Hall–Kier alpha value is -6.70. The number of fused-ring (bicyclic) bond motifs is 5. The highest BCUT2D eigenvalue weighted by atomic mass is 15.1. The van der Waals surface area contributed by atoms with Crippen molar-refractivity contribution < 1.29 is 0 Å². The Labute approximate surface area is 317 Å². The maximum atomic E-state index is 2.43. The predicted molar refractivity (Wildman–Crippen MR) is 230 cm³/mol. The number of anilines is 3. The van der Waals surface area contributed by atoms with Crippen LogP contribution in [0.4, 0.5) is 17.1 Å². The molecule has 10 rings (SSSR count). The van der Waals surface area contributed by atoms with Gasteiger partial charge in [0, 0.05) is 22.5 Å². The average Bonchev–Trinajstić information content (AvgIpc) is 3.46. The summed E-state index contributed by atoms with van der Waals surface area (Å²) in [5.41, 5.74) is 16.1. The molecule has 0 radical (unpaired) electrons. The van der Waals surface area contributed by atoms with Crippen molar-refractivity contribution in [3.05, 3.63) is 211 Å². The zero-order valence-electron chi connectivity index (χ0n) is 30.5. The molecular weight excluding hydrogens is 651 g/mol. The third kappa shape index (κ3) is 5.16. The first kappa shape index (κ1) is 32.0. The molecule has 256 valence electrons. The normalized spacial score (nSPS) is 12.8. The second-order valence-corrected chi connectivity index (χ2v) is 14.9. The smallest absolute Gasteiger partial charge is 0.0467 e. The molecule has 0 heterocycles. The van der Waals surface area contributed by atoms with Crippen molar-refractivity contribution in [3.8, 4) is 44.5 Å². The summed E-state index contributed by atoms with van der Waals surface area (Å²) in [6, 6.07) is 73.3. The van der Waals surface area contributed by atoms with Crippen LogP contribution in [0.1, 0.15) is 25.0 Å². The third-order valence-corrected chi connectivity index (χ3v) is 11.4. The molecule has 9 aromatic carbocycles. The highest BCUT2D eigenvalue weighted by Crippen LogP contribution is 2.54. The van der Waals surface area contributed by atoms with Gasteiger partial charge in [0.1, 0.15) is 0 Å². The van der Waals surface area contributed by atoms with Crippen molar-refractivity contribution in [1.82, 2.24) is 0 Å². The summed E-state index contributed by atoms with van der Waals surface area (Å²) in [6.45, 7) is 4.75. The van der Waals surface area contributed by atoms with Crippen LogP contribution in [0.3, 0.4) is 0 Å². The van der Waals surface area contributed by atoms with E-state index in [1.807, 2.05) is 0 Å². The van der Waals surface area contributed by atoms with Gasteiger partial charge in [-0.15, -0.1) is 0 Å². The lowest BCUT2D eigenvalue weighted by Crippen LogP contribution is -2.16. The number of benzene rings is 9. The fourth-order valence-corrected chi connectivity index (χ4v) is 8.86. The first-order valence-corrected chi connectivity index (χ1v) is 18.9. The maximum Gasteiger partial charge on any atom is 0.0467 e. The van der Waals surface area contributed by atoms with Gasteiger partial charge in [0.05, 0.1) is 0 Å². The molecule has 0 spiro atoms. The quantitative estimate of drug-likeness (QED) is 0.168. The summed E-state index contributed by atoms with van der Waals surface area (Å²) < 4.78 is 0. The molecule has 0 atom stereocenters. The Kier molecular flexibility index (Phi) is 7.56. The summed E-state index contributed by atoms with van der Waals surface area (Å²) in [5, 5.41) is 5.00. The van der Waals surface area contributed by atoms with E-state index in [0.29, 0.717) is 0 Å². The Balaban J connectivity index is 1.15. The van der Waals surface area contributed by atoms with Crippen LogP contribution in [0.5, 0.6) is 0 Å². The Bertz CT molecular complexity index is 2840. The fourth-order valence-electron chi connectivity index (χ4n) is 8.86. The third-order valence-electron chi connectivity index (χ3n) is 11.4. The van der Waals surface area contributed by atoms with E-state index in [2.05, 4.69) is 219 Å². The molecule has 0 aromatic heterocycles. The molecule has 0 saturated heterocycles. The van der Waals surface area contributed by atoms with Crippen molar-refractivity contribution in [2.45, 2.75) is 19.3 Å². The van der Waals surface area contributed by atoms with E-state index in [9.17, 15) is 0 Å². The molecule has 0 saturated carbocycles. The minimum Gasteiger partial charge on any atom is -0.310 e. The highest BCUT2D eigenvalue weighted by Gasteiger charge is 2.37. The van der Waals surface area contributed by atoms with Gasteiger partial charge in [-0.25, -0.2) is 0 Å². The molecule has 0 fully saturated rings. The van der Waals surface area contributed by atoms with E-state index in [-0.39, 0.29) is 5.41 Å². The van der Waals surface area contributed by atoms with Gasteiger partial charge in [0.2, 0.25) is 0 Å². The van der Waals surface area contributed by atoms with Crippen LogP contribution < -0.4 is 4.90 Å². The summed E-state index contributed by atoms with van der Waals surface area (Å²) in [4.78, 5) is 2.42. The number of hydrogen-bond donors (Lipinski definition) is 0. The lowest BCUT2D eigenvalue weighted by atomic mass is 9.81. The van der Waals surface area contributed by atoms with Crippen LogP contribution in [-0.2, 0) is 5.41 Å². The molecule has 1 aliphatic rings. The van der Waals surface area contributed by atoms with E-state index in [0.717, 1.165) is 17.1 Å². The van der Waals surface area contributed by atoms with Crippen molar-refractivity contribution >= 4 is 38.6 Å². The van der Waals surface area contributed by atoms with Crippen LogP contribution in [0.2, 0.25) is 0 Å². The monoisotopic (exact) mass is 689 g/mol. The summed E-state index contributed by atoms with van der Waals surface area (Å²) >= 11 is 0. The topological polar surface area (TPSA) is 3.24 Å². The van der Waals surface area contributed by atoms with E-state index in [1.165, 1.54) is 77.2 Å². The minimum absolute atomic E-state index is 0.159. The van der Waals surface area contributed by atoms with Crippen molar-refractivity contribution in [1.29, 1.82) is 0 Å². The zero-order chi connectivity index (χ0) is 36.2. The Morgan fingerprint density at radius 3 is 1.70 bits per heavy atom. The zero-order valence-corrected chi connectivity index (χ0v) is 30.5. The summed E-state index contributed by atoms with van der Waals surface area (Å²) in [7, 11) is 0. The van der Waals surface area contributed by atoms with Gasteiger partial charge in [-0.05, 0) is 114 Å². The fraction of sp³-hybridized carbons (Fsp3) is 0.0566. The van der Waals surface area contributed by atoms with E-state index < -0.39 is 0 Å². The van der Waals surface area contributed by atoms with Gasteiger partial charge in [-0.3, -0.25) is 0 Å².